The summed E-state index contributed by atoms with van der Waals surface area (Å²) in [7, 11) is -0.677. The van der Waals surface area contributed by atoms with Crippen LogP contribution < -0.4 is 14.2 Å². The molecule has 0 aliphatic heterocycles. The van der Waals surface area contributed by atoms with Crippen LogP contribution in [0.3, 0.4) is 0 Å². The molecule has 0 fully saturated rings. The zero-order valence-electron chi connectivity index (χ0n) is 14.0. The van der Waals surface area contributed by atoms with E-state index in [1.165, 1.54) is 19.2 Å². The third-order valence-electron chi connectivity index (χ3n) is 3.54. The van der Waals surface area contributed by atoms with Gasteiger partial charge in [-0.2, -0.15) is 0 Å². The lowest BCUT2D eigenvalue weighted by Gasteiger charge is -2.15. The summed E-state index contributed by atoms with van der Waals surface area (Å²) in [5.74, 6) is 1.27. The van der Waals surface area contributed by atoms with Gasteiger partial charge in [-0.05, 0) is 47.9 Å². The molecule has 2 aromatic carbocycles. The predicted octanol–water partition coefficient (Wildman–Crippen LogP) is 4.28. The van der Waals surface area contributed by atoms with Crippen molar-refractivity contribution in [3.8, 4) is 11.5 Å². The predicted molar refractivity (Wildman–Crippen MR) is 95.9 cm³/mol. The number of methoxy groups -OCH3 is 2. The average molecular weight is 370 g/mol. The molecule has 0 atom stereocenters. The van der Waals surface area contributed by atoms with Gasteiger partial charge in [0.15, 0.2) is 0 Å². The lowest BCUT2D eigenvalue weighted by atomic mass is 10.0. The molecule has 0 aromatic heterocycles. The van der Waals surface area contributed by atoms with Gasteiger partial charge >= 0.3 is 0 Å². The summed E-state index contributed by atoms with van der Waals surface area (Å²) in [5, 5.41) is 0.329. The summed E-state index contributed by atoms with van der Waals surface area (Å²) >= 11 is 6.03. The molecular formula is C17H20ClNO4S. The molecule has 0 saturated carbocycles. The molecule has 0 spiro atoms. The standard InChI is InChI=1S/C17H20ClNO4S/c1-11(2)14-10-13(6-8-16(14)22-3)24(20,21)19-12-5-7-17(23-4)15(18)9-12/h5-11,19H,1-4H3. The van der Waals surface area contributed by atoms with Crippen molar-refractivity contribution in [2.75, 3.05) is 18.9 Å². The minimum Gasteiger partial charge on any atom is -0.496 e. The van der Waals surface area contributed by atoms with Crippen molar-refractivity contribution in [3.05, 3.63) is 47.0 Å². The van der Waals surface area contributed by atoms with Crippen molar-refractivity contribution in [3.63, 3.8) is 0 Å². The number of rotatable bonds is 6. The second kappa shape index (κ2) is 7.32. The molecule has 5 nitrogen and oxygen atoms in total. The molecule has 0 amide bonds. The first-order valence-corrected chi connectivity index (χ1v) is 9.19. The van der Waals surface area contributed by atoms with E-state index in [2.05, 4.69) is 4.72 Å². The van der Waals surface area contributed by atoms with E-state index in [-0.39, 0.29) is 10.8 Å². The van der Waals surface area contributed by atoms with Gasteiger partial charge in [0.2, 0.25) is 0 Å². The number of ether oxygens (including phenoxy) is 2. The highest BCUT2D eigenvalue weighted by atomic mass is 35.5. The summed E-state index contributed by atoms with van der Waals surface area (Å²) in [4.78, 5) is 0.166. The van der Waals surface area contributed by atoms with E-state index in [1.54, 1.807) is 31.4 Å². The number of anilines is 1. The third-order valence-corrected chi connectivity index (χ3v) is 5.21. The Kier molecular flexibility index (Phi) is 5.62. The zero-order valence-corrected chi connectivity index (χ0v) is 15.5. The monoisotopic (exact) mass is 369 g/mol. The largest absolute Gasteiger partial charge is 0.496 e. The Morgan fingerprint density at radius 1 is 1.00 bits per heavy atom. The van der Waals surface area contributed by atoms with Gasteiger partial charge in [0, 0.05) is 0 Å². The van der Waals surface area contributed by atoms with Crippen molar-refractivity contribution < 1.29 is 17.9 Å². The van der Waals surface area contributed by atoms with Crippen LogP contribution in [0.15, 0.2) is 41.3 Å². The summed E-state index contributed by atoms with van der Waals surface area (Å²) in [5.41, 5.74) is 1.19. The topological polar surface area (TPSA) is 64.6 Å². The molecule has 1 N–H and O–H groups in total. The molecule has 0 aliphatic rings. The zero-order chi connectivity index (χ0) is 17.9. The Hall–Kier alpha value is -1.92. The summed E-state index contributed by atoms with van der Waals surface area (Å²) < 4.78 is 38.1. The van der Waals surface area contributed by atoms with Gasteiger partial charge in [-0.3, -0.25) is 4.72 Å². The third kappa shape index (κ3) is 3.94. The van der Waals surface area contributed by atoms with E-state index < -0.39 is 10.0 Å². The van der Waals surface area contributed by atoms with Gasteiger partial charge in [-0.1, -0.05) is 25.4 Å². The minimum absolute atomic E-state index is 0.130. The lowest BCUT2D eigenvalue weighted by molar-refractivity contribution is 0.407. The Bertz CT molecular complexity index is 834. The molecule has 0 radical (unpaired) electrons. The Morgan fingerprint density at radius 2 is 1.62 bits per heavy atom. The van der Waals surface area contributed by atoms with Gasteiger partial charge < -0.3 is 9.47 Å². The van der Waals surface area contributed by atoms with E-state index in [4.69, 9.17) is 21.1 Å². The fourth-order valence-electron chi connectivity index (χ4n) is 2.27. The molecule has 0 saturated heterocycles. The first-order chi connectivity index (χ1) is 11.3. The number of hydrogen-bond donors (Lipinski definition) is 1. The summed E-state index contributed by atoms with van der Waals surface area (Å²) in [6.45, 7) is 3.95. The van der Waals surface area contributed by atoms with Gasteiger partial charge in [0.05, 0.1) is 29.8 Å². The number of benzene rings is 2. The SMILES string of the molecule is COc1ccc(NS(=O)(=O)c2ccc(OC)c(C(C)C)c2)cc1Cl. The molecule has 130 valence electrons. The summed E-state index contributed by atoms with van der Waals surface area (Å²) in [6.07, 6.45) is 0. The average Bonchev–Trinajstić information content (AvgIpc) is 2.54. The van der Waals surface area contributed by atoms with E-state index in [1.807, 2.05) is 13.8 Å². The van der Waals surface area contributed by atoms with Crippen molar-refractivity contribution in [1.29, 1.82) is 0 Å². The van der Waals surface area contributed by atoms with Crippen LogP contribution in [0.1, 0.15) is 25.3 Å². The van der Waals surface area contributed by atoms with Gasteiger partial charge in [0.1, 0.15) is 11.5 Å². The molecule has 0 heterocycles. The highest BCUT2D eigenvalue weighted by Gasteiger charge is 2.18. The first-order valence-electron chi connectivity index (χ1n) is 7.32. The van der Waals surface area contributed by atoms with Gasteiger partial charge in [-0.25, -0.2) is 8.42 Å². The smallest absolute Gasteiger partial charge is 0.261 e. The molecule has 7 heteroatoms. The van der Waals surface area contributed by atoms with Crippen LogP contribution in [-0.2, 0) is 10.0 Å². The quantitative estimate of drug-likeness (QED) is 0.825. The normalized spacial score (nSPS) is 11.4. The van der Waals surface area contributed by atoms with Crippen LogP contribution in [0.4, 0.5) is 5.69 Å². The molecule has 2 rings (SSSR count). The minimum atomic E-state index is -3.74. The van der Waals surface area contributed by atoms with Crippen LogP contribution >= 0.6 is 11.6 Å². The van der Waals surface area contributed by atoms with Crippen molar-refractivity contribution >= 4 is 27.3 Å². The first kappa shape index (κ1) is 18.4. The fourth-order valence-corrected chi connectivity index (χ4v) is 3.62. The second-order valence-corrected chi connectivity index (χ2v) is 7.60. The van der Waals surface area contributed by atoms with Crippen LogP contribution in [0.2, 0.25) is 5.02 Å². The van der Waals surface area contributed by atoms with Crippen molar-refractivity contribution in [2.45, 2.75) is 24.7 Å². The van der Waals surface area contributed by atoms with E-state index in [9.17, 15) is 8.42 Å². The number of nitrogens with one attached hydrogen (secondary N) is 1. The molecular weight excluding hydrogens is 350 g/mol. The molecule has 24 heavy (non-hydrogen) atoms. The fraction of sp³-hybridized carbons (Fsp3) is 0.294. The Labute approximate surface area is 147 Å². The van der Waals surface area contributed by atoms with Crippen LogP contribution in [0, 0.1) is 0 Å². The number of hydrogen-bond acceptors (Lipinski definition) is 4. The van der Waals surface area contributed by atoms with E-state index in [0.29, 0.717) is 22.2 Å². The molecule has 0 bridgehead atoms. The molecule has 0 unspecified atom stereocenters. The molecule has 2 aromatic rings. The maximum Gasteiger partial charge on any atom is 0.261 e. The van der Waals surface area contributed by atoms with E-state index in [0.717, 1.165) is 5.56 Å². The van der Waals surface area contributed by atoms with Gasteiger partial charge in [-0.15, -0.1) is 0 Å². The number of halogens is 1. The van der Waals surface area contributed by atoms with Crippen molar-refractivity contribution in [2.24, 2.45) is 0 Å². The lowest BCUT2D eigenvalue weighted by Crippen LogP contribution is -2.13. The number of sulfonamides is 1. The maximum atomic E-state index is 12.6. The van der Waals surface area contributed by atoms with Crippen LogP contribution in [0.25, 0.3) is 0 Å². The summed E-state index contributed by atoms with van der Waals surface area (Å²) in [6, 6.07) is 9.49. The Balaban J connectivity index is 2.37. The van der Waals surface area contributed by atoms with Gasteiger partial charge in [0.25, 0.3) is 10.0 Å². The highest BCUT2D eigenvalue weighted by molar-refractivity contribution is 7.92. The van der Waals surface area contributed by atoms with Crippen LogP contribution in [0.5, 0.6) is 11.5 Å². The Morgan fingerprint density at radius 3 is 2.17 bits per heavy atom. The van der Waals surface area contributed by atoms with E-state index >= 15 is 0 Å². The van der Waals surface area contributed by atoms with Crippen molar-refractivity contribution in [1.82, 2.24) is 0 Å². The molecule has 0 aliphatic carbocycles. The van der Waals surface area contributed by atoms with Crippen LogP contribution in [-0.4, -0.2) is 22.6 Å². The maximum absolute atomic E-state index is 12.6. The second-order valence-electron chi connectivity index (χ2n) is 5.51. The highest BCUT2D eigenvalue weighted by Crippen LogP contribution is 2.31.